The fourth-order valence-corrected chi connectivity index (χ4v) is 1.63. The van der Waals surface area contributed by atoms with Crippen LogP contribution < -0.4 is 5.32 Å². The van der Waals surface area contributed by atoms with Crippen molar-refractivity contribution < 1.29 is 9.53 Å². The number of hydrogen-bond acceptors (Lipinski definition) is 3. The van der Waals surface area contributed by atoms with E-state index >= 15 is 0 Å². The zero-order chi connectivity index (χ0) is 12.4. The monoisotopic (exact) mass is 230 g/mol. The standard InChI is InChI=1S/C12H26N2O2/c1-5-14(6-2)12(15)8-7-9-13-11(3)10-16-4/h11,13H,5-10H2,1-4H3. The molecule has 0 heterocycles. The summed E-state index contributed by atoms with van der Waals surface area (Å²) in [5.41, 5.74) is 0. The first-order valence-electron chi connectivity index (χ1n) is 6.15. The van der Waals surface area contributed by atoms with E-state index in [2.05, 4.69) is 12.2 Å². The molecule has 1 amide bonds. The highest BCUT2D eigenvalue weighted by atomic mass is 16.5. The van der Waals surface area contributed by atoms with Gasteiger partial charge in [-0.05, 0) is 33.7 Å². The lowest BCUT2D eigenvalue weighted by Gasteiger charge is -2.19. The van der Waals surface area contributed by atoms with Gasteiger partial charge in [0.2, 0.25) is 5.91 Å². The Morgan fingerprint density at radius 1 is 1.38 bits per heavy atom. The van der Waals surface area contributed by atoms with E-state index in [9.17, 15) is 4.79 Å². The van der Waals surface area contributed by atoms with Gasteiger partial charge in [0, 0.05) is 32.7 Å². The van der Waals surface area contributed by atoms with Crippen molar-refractivity contribution in [2.45, 2.75) is 39.7 Å². The lowest BCUT2D eigenvalue weighted by molar-refractivity contribution is -0.130. The van der Waals surface area contributed by atoms with Crippen LogP contribution in [0.4, 0.5) is 0 Å². The molecule has 16 heavy (non-hydrogen) atoms. The van der Waals surface area contributed by atoms with Crippen LogP contribution in [0.15, 0.2) is 0 Å². The molecule has 0 fully saturated rings. The zero-order valence-corrected chi connectivity index (χ0v) is 11.1. The highest BCUT2D eigenvalue weighted by Gasteiger charge is 2.08. The molecule has 1 N–H and O–H groups in total. The second-order valence-electron chi connectivity index (χ2n) is 3.98. The topological polar surface area (TPSA) is 41.6 Å². The van der Waals surface area contributed by atoms with Crippen molar-refractivity contribution in [3.8, 4) is 0 Å². The van der Waals surface area contributed by atoms with Crippen molar-refractivity contribution in [3.63, 3.8) is 0 Å². The Labute approximate surface area is 99.3 Å². The van der Waals surface area contributed by atoms with E-state index in [1.54, 1.807) is 7.11 Å². The number of carbonyl (C=O) groups excluding carboxylic acids is 1. The second-order valence-corrected chi connectivity index (χ2v) is 3.98. The first kappa shape index (κ1) is 15.4. The van der Waals surface area contributed by atoms with Gasteiger partial charge < -0.3 is 15.0 Å². The summed E-state index contributed by atoms with van der Waals surface area (Å²) in [4.78, 5) is 13.5. The van der Waals surface area contributed by atoms with Crippen LogP contribution in [-0.4, -0.2) is 50.2 Å². The van der Waals surface area contributed by atoms with Crippen molar-refractivity contribution in [1.82, 2.24) is 10.2 Å². The molecule has 0 aliphatic heterocycles. The smallest absolute Gasteiger partial charge is 0.222 e. The SMILES string of the molecule is CCN(CC)C(=O)CCCNC(C)COC. The number of hydrogen-bond donors (Lipinski definition) is 1. The summed E-state index contributed by atoms with van der Waals surface area (Å²) >= 11 is 0. The van der Waals surface area contributed by atoms with Gasteiger partial charge in [0.05, 0.1) is 6.61 Å². The predicted molar refractivity (Wildman–Crippen MR) is 66.5 cm³/mol. The Balaban J connectivity index is 3.54. The molecule has 0 bridgehead atoms. The minimum absolute atomic E-state index is 0.256. The largest absolute Gasteiger partial charge is 0.383 e. The van der Waals surface area contributed by atoms with Crippen molar-refractivity contribution in [1.29, 1.82) is 0 Å². The van der Waals surface area contributed by atoms with E-state index in [1.807, 2.05) is 18.7 Å². The van der Waals surface area contributed by atoms with Crippen molar-refractivity contribution in [2.24, 2.45) is 0 Å². The molecule has 0 aromatic heterocycles. The third kappa shape index (κ3) is 6.80. The predicted octanol–water partition coefficient (Wildman–Crippen LogP) is 1.26. The molecule has 96 valence electrons. The van der Waals surface area contributed by atoms with Crippen LogP contribution in [0.3, 0.4) is 0 Å². The van der Waals surface area contributed by atoms with E-state index in [1.165, 1.54) is 0 Å². The Morgan fingerprint density at radius 2 is 2.00 bits per heavy atom. The molecule has 0 aromatic rings. The first-order valence-corrected chi connectivity index (χ1v) is 6.15. The van der Waals surface area contributed by atoms with Crippen LogP contribution in [-0.2, 0) is 9.53 Å². The third-order valence-electron chi connectivity index (χ3n) is 2.59. The maximum absolute atomic E-state index is 11.6. The van der Waals surface area contributed by atoms with Crippen LogP contribution >= 0.6 is 0 Å². The van der Waals surface area contributed by atoms with E-state index in [0.717, 1.165) is 26.1 Å². The third-order valence-corrected chi connectivity index (χ3v) is 2.59. The Bertz CT molecular complexity index is 182. The molecule has 1 atom stereocenters. The van der Waals surface area contributed by atoms with Gasteiger partial charge in [-0.3, -0.25) is 4.79 Å². The number of carbonyl (C=O) groups is 1. The fourth-order valence-electron chi connectivity index (χ4n) is 1.63. The van der Waals surface area contributed by atoms with E-state index in [4.69, 9.17) is 4.74 Å². The summed E-state index contributed by atoms with van der Waals surface area (Å²) in [6, 6.07) is 0.355. The zero-order valence-electron chi connectivity index (χ0n) is 11.1. The van der Waals surface area contributed by atoms with Gasteiger partial charge in [-0.2, -0.15) is 0 Å². The van der Waals surface area contributed by atoms with Crippen LogP contribution in [0.25, 0.3) is 0 Å². The molecular formula is C12H26N2O2. The normalized spacial score (nSPS) is 12.5. The Morgan fingerprint density at radius 3 is 2.50 bits per heavy atom. The summed E-state index contributed by atoms with van der Waals surface area (Å²) in [6.07, 6.45) is 1.53. The molecule has 0 spiro atoms. The fraction of sp³-hybridized carbons (Fsp3) is 0.917. The van der Waals surface area contributed by atoms with Crippen LogP contribution in [0.5, 0.6) is 0 Å². The van der Waals surface area contributed by atoms with Gasteiger partial charge in [-0.1, -0.05) is 0 Å². The molecule has 0 aromatic carbocycles. The summed E-state index contributed by atoms with van der Waals surface area (Å²) in [5, 5.41) is 3.32. The number of nitrogens with zero attached hydrogens (tertiary/aromatic N) is 1. The number of ether oxygens (including phenoxy) is 1. The lowest BCUT2D eigenvalue weighted by Crippen LogP contribution is -2.33. The molecule has 0 aliphatic carbocycles. The van der Waals surface area contributed by atoms with Crippen molar-refractivity contribution in [2.75, 3.05) is 33.4 Å². The van der Waals surface area contributed by atoms with Crippen molar-refractivity contribution in [3.05, 3.63) is 0 Å². The van der Waals surface area contributed by atoms with E-state index in [-0.39, 0.29) is 5.91 Å². The first-order chi connectivity index (χ1) is 7.65. The molecule has 1 unspecified atom stereocenters. The van der Waals surface area contributed by atoms with Gasteiger partial charge in [0.25, 0.3) is 0 Å². The van der Waals surface area contributed by atoms with Gasteiger partial charge in [0.1, 0.15) is 0 Å². The highest BCUT2D eigenvalue weighted by Crippen LogP contribution is 1.97. The van der Waals surface area contributed by atoms with E-state index in [0.29, 0.717) is 19.1 Å². The Kier molecular flexibility index (Phi) is 9.24. The lowest BCUT2D eigenvalue weighted by atomic mass is 10.2. The summed E-state index contributed by atoms with van der Waals surface area (Å²) in [6.45, 7) is 9.31. The molecule has 0 aliphatic rings. The average molecular weight is 230 g/mol. The van der Waals surface area contributed by atoms with Gasteiger partial charge in [0.15, 0.2) is 0 Å². The maximum atomic E-state index is 11.6. The maximum Gasteiger partial charge on any atom is 0.222 e. The molecule has 0 rings (SSSR count). The molecule has 0 radical (unpaired) electrons. The van der Waals surface area contributed by atoms with Gasteiger partial charge in [-0.25, -0.2) is 0 Å². The second kappa shape index (κ2) is 9.60. The van der Waals surface area contributed by atoms with Crippen LogP contribution in [0, 0.1) is 0 Å². The number of rotatable bonds is 9. The molecule has 4 nitrogen and oxygen atoms in total. The minimum atomic E-state index is 0.256. The summed E-state index contributed by atoms with van der Waals surface area (Å²) in [7, 11) is 1.70. The number of nitrogens with one attached hydrogen (secondary N) is 1. The minimum Gasteiger partial charge on any atom is -0.383 e. The quantitative estimate of drug-likeness (QED) is 0.606. The molecule has 4 heteroatoms. The molecule has 0 saturated carbocycles. The summed E-state index contributed by atoms with van der Waals surface area (Å²) in [5.74, 6) is 0.256. The van der Waals surface area contributed by atoms with Crippen LogP contribution in [0.2, 0.25) is 0 Å². The highest BCUT2D eigenvalue weighted by molar-refractivity contribution is 5.76. The Hall–Kier alpha value is -0.610. The van der Waals surface area contributed by atoms with E-state index < -0.39 is 0 Å². The van der Waals surface area contributed by atoms with Gasteiger partial charge in [-0.15, -0.1) is 0 Å². The number of methoxy groups -OCH3 is 1. The molecular weight excluding hydrogens is 204 g/mol. The molecule has 0 saturated heterocycles. The van der Waals surface area contributed by atoms with Gasteiger partial charge >= 0.3 is 0 Å². The van der Waals surface area contributed by atoms with Crippen molar-refractivity contribution >= 4 is 5.91 Å². The van der Waals surface area contributed by atoms with Crippen LogP contribution in [0.1, 0.15) is 33.6 Å². The number of amides is 1. The average Bonchev–Trinajstić information content (AvgIpc) is 2.26. The summed E-state index contributed by atoms with van der Waals surface area (Å²) < 4.78 is 5.02.